The van der Waals surface area contributed by atoms with Gasteiger partial charge in [0.05, 0.1) is 16.1 Å². The van der Waals surface area contributed by atoms with Gasteiger partial charge in [-0.05, 0) is 44.1 Å². The van der Waals surface area contributed by atoms with E-state index in [2.05, 4.69) is 20.0 Å². The van der Waals surface area contributed by atoms with Gasteiger partial charge in [0.2, 0.25) is 0 Å². The molecule has 0 fully saturated rings. The molecule has 0 bridgehead atoms. The number of aromatic nitrogens is 2. The molecule has 1 aliphatic rings. The fraction of sp³-hybridized carbons (Fsp3) is 0.200. The Morgan fingerprint density at radius 3 is 2.50 bits per heavy atom. The van der Waals surface area contributed by atoms with Crippen LogP contribution in [-0.2, 0) is 15.6 Å². The molecule has 0 radical (unpaired) electrons. The van der Waals surface area contributed by atoms with E-state index in [1.807, 2.05) is 45.0 Å². The second-order valence-electron chi connectivity index (χ2n) is 7.26. The van der Waals surface area contributed by atoms with Gasteiger partial charge in [0, 0.05) is 5.56 Å². The minimum Gasteiger partial charge on any atom is -0.359 e. The summed E-state index contributed by atoms with van der Waals surface area (Å²) in [6.45, 7) is 13.4. The molecule has 0 amide bonds. The largest absolute Gasteiger partial charge is 0.359 e. The quantitative estimate of drug-likeness (QED) is 0.654. The van der Waals surface area contributed by atoms with Crippen LogP contribution >= 0.6 is 0 Å². The molecule has 0 saturated heterocycles. The summed E-state index contributed by atoms with van der Waals surface area (Å²) in [6, 6.07) is 14.3. The van der Waals surface area contributed by atoms with Crippen LogP contribution in [0, 0.1) is 13.5 Å². The van der Waals surface area contributed by atoms with Crippen molar-refractivity contribution in [2.75, 3.05) is 10.0 Å². The predicted octanol–water partition coefficient (Wildman–Crippen LogP) is 4.19. The number of fused-ring (bicyclic) bond motifs is 3. The van der Waals surface area contributed by atoms with E-state index in [0.717, 1.165) is 16.8 Å². The molecule has 0 aliphatic carbocycles. The van der Waals surface area contributed by atoms with Gasteiger partial charge in [0.15, 0.2) is 5.82 Å². The van der Waals surface area contributed by atoms with Crippen LogP contribution in [0.1, 0.15) is 25.0 Å². The van der Waals surface area contributed by atoms with Crippen LogP contribution in [0.5, 0.6) is 0 Å². The molecule has 7 nitrogen and oxygen atoms in total. The number of nitrogens with one attached hydrogen (secondary N) is 2. The van der Waals surface area contributed by atoms with Crippen LogP contribution in [0.25, 0.3) is 10.5 Å². The molecule has 2 heterocycles. The standard InChI is InChI=1S/C20H19N5O2S/c1-13-9-11-14(12-10-13)28(26,27)24-17-18(21-4)23-25-16-8-6-5-7-15(16)20(2,3)22-19(17)25/h5-12,22,24H,1-3H3. The van der Waals surface area contributed by atoms with E-state index in [-0.39, 0.29) is 16.4 Å². The van der Waals surface area contributed by atoms with Crippen LogP contribution in [0.4, 0.5) is 17.3 Å². The van der Waals surface area contributed by atoms with Crippen molar-refractivity contribution in [2.45, 2.75) is 31.2 Å². The fourth-order valence-electron chi connectivity index (χ4n) is 3.33. The molecular weight excluding hydrogens is 374 g/mol. The Balaban J connectivity index is 1.86. The fourth-order valence-corrected chi connectivity index (χ4v) is 4.40. The van der Waals surface area contributed by atoms with Gasteiger partial charge in [-0.15, -0.1) is 4.68 Å². The number of hydrogen-bond donors (Lipinski definition) is 2. The zero-order valence-corrected chi connectivity index (χ0v) is 16.5. The van der Waals surface area contributed by atoms with Gasteiger partial charge in [0.25, 0.3) is 10.0 Å². The molecule has 0 saturated carbocycles. The monoisotopic (exact) mass is 393 g/mol. The van der Waals surface area contributed by atoms with E-state index >= 15 is 0 Å². The first-order valence-electron chi connectivity index (χ1n) is 8.71. The molecule has 0 spiro atoms. The van der Waals surface area contributed by atoms with Gasteiger partial charge in [0.1, 0.15) is 5.69 Å². The number of para-hydroxylation sites is 1. The van der Waals surface area contributed by atoms with Crippen molar-refractivity contribution in [3.63, 3.8) is 0 Å². The van der Waals surface area contributed by atoms with Crippen LogP contribution in [-0.4, -0.2) is 18.2 Å². The molecule has 142 valence electrons. The highest BCUT2D eigenvalue weighted by molar-refractivity contribution is 7.92. The van der Waals surface area contributed by atoms with Crippen molar-refractivity contribution >= 4 is 27.3 Å². The van der Waals surface area contributed by atoms with Gasteiger partial charge in [-0.25, -0.2) is 8.42 Å². The average Bonchev–Trinajstić information content (AvgIpc) is 2.99. The number of sulfonamides is 1. The lowest BCUT2D eigenvalue weighted by molar-refractivity contribution is 0.575. The topological polar surface area (TPSA) is 80.4 Å². The average molecular weight is 393 g/mol. The Morgan fingerprint density at radius 2 is 1.82 bits per heavy atom. The Hall–Kier alpha value is -3.31. The summed E-state index contributed by atoms with van der Waals surface area (Å²) < 4.78 is 29.9. The molecule has 4 rings (SSSR count). The van der Waals surface area contributed by atoms with Crippen LogP contribution in [0.2, 0.25) is 0 Å². The van der Waals surface area contributed by atoms with E-state index in [4.69, 9.17) is 6.57 Å². The van der Waals surface area contributed by atoms with Crippen molar-refractivity contribution < 1.29 is 8.42 Å². The number of rotatable bonds is 3. The summed E-state index contributed by atoms with van der Waals surface area (Å²) in [6.07, 6.45) is 0. The van der Waals surface area contributed by atoms with Crippen LogP contribution < -0.4 is 10.0 Å². The highest BCUT2D eigenvalue weighted by Crippen LogP contribution is 2.44. The lowest BCUT2D eigenvalue weighted by Crippen LogP contribution is -2.35. The molecule has 1 aliphatic heterocycles. The van der Waals surface area contributed by atoms with Gasteiger partial charge in [-0.3, -0.25) is 4.72 Å². The maximum Gasteiger partial charge on any atom is 0.322 e. The normalized spacial score (nSPS) is 14.4. The molecule has 8 heteroatoms. The smallest absolute Gasteiger partial charge is 0.322 e. The number of anilines is 2. The maximum absolute atomic E-state index is 12.9. The zero-order valence-electron chi connectivity index (χ0n) is 15.7. The molecular formula is C20H19N5O2S. The third-order valence-electron chi connectivity index (χ3n) is 4.78. The van der Waals surface area contributed by atoms with Crippen LogP contribution in [0.3, 0.4) is 0 Å². The van der Waals surface area contributed by atoms with E-state index in [1.165, 1.54) is 12.1 Å². The summed E-state index contributed by atoms with van der Waals surface area (Å²) in [7, 11) is -3.87. The highest BCUT2D eigenvalue weighted by Gasteiger charge is 2.36. The summed E-state index contributed by atoms with van der Waals surface area (Å²) in [5.41, 5.74) is 2.47. The molecule has 3 aromatic rings. The number of aryl methyl sites for hydroxylation is 1. The maximum atomic E-state index is 12.9. The second kappa shape index (κ2) is 6.11. The van der Waals surface area contributed by atoms with Gasteiger partial charge in [-0.1, -0.05) is 42.5 Å². The van der Waals surface area contributed by atoms with Crippen LogP contribution in [0.15, 0.2) is 53.4 Å². The van der Waals surface area contributed by atoms with E-state index < -0.39 is 15.6 Å². The van der Waals surface area contributed by atoms with Crippen molar-refractivity contribution in [3.8, 4) is 5.69 Å². The number of nitrogens with zero attached hydrogens (tertiary/aromatic N) is 3. The molecule has 28 heavy (non-hydrogen) atoms. The van der Waals surface area contributed by atoms with E-state index in [0.29, 0.717) is 5.82 Å². The number of hydrogen-bond acceptors (Lipinski definition) is 4. The predicted molar refractivity (Wildman–Crippen MR) is 108 cm³/mol. The first-order chi connectivity index (χ1) is 13.2. The summed E-state index contributed by atoms with van der Waals surface area (Å²) in [5, 5.41) is 7.67. The second-order valence-corrected chi connectivity index (χ2v) is 8.94. The summed E-state index contributed by atoms with van der Waals surface area (Å²) in [4.78, 5) is 3.57. The lowest BCUT2D eigenvalue weighted by Gasteiger charge is -2.34. The molecule has 2 N–H and O–H groups in total. The van der Waals surface area contributed by atoms with E-state index in [1.54, 1.807) is 16.8 Å². The Morgan fingerprint density at radius 1 is 1.14 bits per heavy atom. The minimum atomic E-state index is -3.87. The van der Waals surface area contributed by atoms with Gasteiger partial charge < -0.3 is 10.2 Å². The zero-order chi connectivity index (χ0) is 20.1. The Bertz CT molecular complexity index is 1220. The van der Waals surface area contributed by atoms with Gasteiger partial charge in [-0.2, -0.15) is 0 Å². The van der Waals surface area contributed by atoms with Crippen molar-refractivity contribution in [1.82, 2.24) is 9.78 Å². The van der Waals surface area contributed by atoms with Gasteiger partial charge >= 0.3 is 5.82 Å². The SMILES string of the molecule is [C-]#[N+]c1nn2c(c1NS(=O)(=O)c1ccc(C)cc1)NC(C)(C)c1ccccc1-2. The summed E-state index contributed by atoms with van der Waals surface area (Å²) >= 11 is 0. The first-order valence-corrected chi connectivity index (χ1v) is 10.2. The van der Waals surface area contributed by atoms with Crippen molar-refractivity contribution in [1.29, 1.82) is 0 Å². The third-order valence-corrected chi connectivity index (χ3v) is 6.14. The molecule has 1 aromatic heterocycles. The third kappa shape index (κ3) is 2.80. The highest BCUT2D eigenvalue weighted by atomic mass is 32.2. The minimum absolute atomic E-state index is 0.00862. The lowest BCUT2D eigenvalue weighted by atomic mass is 9.91. The number of benzene rings is 2. The summed E-state index contributed by atoms with van der Waals surface area (Å²) in [5.74, 6) is 0.441. The molecule has 2 aromatic carbocycles. The van der Waals surface area contributed by atoms with Crippen molar-refractivity contribution in [2.24, 2.45) is 0 Å². The molecule has 0 unspecified atom stereocenters. The Labute approximate surface area is 163 Å². The van der Waals surface area contributed by atoms with E-state index in [9.17, 15) is 8.42 Å². The first kappa shape index (κ1) is 18.1. The Kier molecular flexibility index (Phi) is 3.94. The molecule has 0 atom stereocenters. The van der Waals surface area contributed by atoms with Crippen molar-refractivity contribution in [3.05, 3.63) is 71.1 Å².